The summed E-state index contributed by atoms with van der Waals surface area (Å²) in [6, 6.07) is 1.84. The van der Waals surface area contributed by atoms with Crippen LogP contribution in [-0.2, 0) is 16.0 Å². The van der Waals surface area contributed by atoms with Crippen molar-refractivity contribution in [3.05, 3.63) is 23.5 Å². The van der Waals surface area contributed by atoms with Gasteiger partial charge in [0.2, 0.25) is 0 Å². The van der Waals surface area contributed by atoms with E-state index in [1.54, 1.807) is 12.4 Å². The molecule has 0 fully saturated rings. The van der Waals surface area contributed by atoms with E-state index in [1.807, 2.05) is 33.8 Å². The Morgan fingerprint density at radius 2 is 2.29 bits per heavy atom. The van der Waals surface area contributed by atoms with Crippen LogP contribution in [0.3, 0.4) is 0 Å². The molecule has 0 radical (unpaired) electrons. The average molecular weight is 254 g/mol. The summed E-state index contributed by atoms with van der Waals surface area (Å²) < 4.78 is 11.8. The molecule has 1 rings (SSSR count). The third-order valence-corrected chi connectivity index (χ3v) is 3.47. The molecule has 0 aliphatic heterocycles. The highest BCUT2D eigenvalue weighted by Gasteiger charge is 2.13. The van der Waals surface area contributed by atoms with Gasteiger partial charge in [-0.15, -0.1) is 0 Å². The molecule has 0 aliphatic rings. The number of aromatic nitrogens is 1. The van der Waals surface area contributed by atoms with Crippen molar-refractivity contribution in [3.63, 3.8) is 0 Å². The van der Waals surface area contributed by atoms with Gasteiger partial charge in [-0.2, -0.15) is 0 Å². The molecule has 94 valence electrons. The van der Waals surface area contributed by atoms with Crippen LogP contribution in [-0.4, -0.2) is 27.6 Å². The van der Waals surface area contributed by atoms with Crippen LogP contribution < -0.4 is 0 Å². The Morgan fingerprint density at radius 1 is 1.59 bits per heavy atom. The maximum atomic E-state index is 11.8. The van der Waals surface area contributed by atoms with Crippen LogP contribution in [0.2, 0.25) is 0 Å². The largest absolute Gasteiger partial charge is 0.611 e. The average Bonchev–Trinajstić information content (AvgIpc) is 2.30. The molecule has 0 N–H and O–H groups in total. The smallest absolute Gasteiger partial charge is 0.174 e. The zero-order valence-corrected chi connectivity index (χ0v) is 11.5. The van der Waals surface area contributed by atoms with Crippen molar-refractivity contribution in [1.29, 1.82) is 0 Å². The molecule has 1 atom stereocenters. The monoisotopic (exact) mass is 254 g/mol. The molecule has 5 heteroatoms. The Morgan fingerprint density at radius 3 is 2.88 bits per heavy atom. The van der Waals surface area contributed by atoms with Crippen molar-refractivity contribution in [2.24, 2.45) is 5.16 Å². The summed E-state index contributed by atoms with van der Waals surface area (Å²) in [5, 5.41) is 3.83. The highest BCUT2D eigenvalue weighted by atomic mass is 32.2. The van der Waals surface area contributed by atoms with Crippen molar-refractivity contribution >= 4 is 17.4 Å². The van der Waals surface area contributed by atoms with E-state index in [-0.39, 0.29) is 6.10 Å². The van der Waals surface area contributed by atoms with Gasteiger partial charge < -0.3 is 9.39 Å². The van der Waals surface area contributed by atoms with Gasteiger partial charge >= 0.3 is 0 Å². The van der Waals surface area contributed by atoms with Crippen molar-refractivity contribution in [3.8, 4) is 0 Å². The predicted molar refractivity (Wildman–Crippen MR) is 69.7 cm³/mol. The topological polar surface area (TPSA) is 57.5 Å². The van der Waals surface area contributed by atoms with Gasteiger partial charge in [0.15, 0.2) is 4.90 Å². The Hall–Kier alpha value is -1.07. The Balaban J connectivity index is 2.85. The summed E-state index contributed by atoms with van der Waals surface area (Å²) >= 11 is -0.992. The van der Waals surface area contributed by atoms with Gasteiger partial charge in [0.05, 0.1) is 11.9 Å². The first-order chi connectivity index (χ1) is 8.04. The summed E-state index contributed by atoms with van der Waals surface area (Å²) in [7, 11) is 0. The third-order valence-electron chi connectivity index (χ3n) is 2.04. The zero-order valence-electron chi connectivity index (χ0n) is 10.6. The number of rotatable bonds is 5. The normalized spacial score (nSPS) is 13.3. The lowest BCUT2D eigenvalue weighted by Crippen LogP contribution is -2.08. The molecule has 0 amide bonds. The maximum absolute atomic E-state index is 11.8. The minimum absolute atomic E-state index is 0.0499. The van der Waals surface area contributed by atoms with Crippen LogP contribution in [0.5, 0.6) is 0 Å². The highest BCUT2D eigenvalue weighted by Crippen LogP contribution is 2.15. The van der Waals surface area contributed by atoms with Crippen LogP contribution in [0.15, 0.2) is 22.3 Å². The SMILES string of the molecule is CC[S+]([O-])c1cc(/C=N/OC(C)C)cnc1C. The van der Waals surface area contributed by atoms with Crippen molar-refractivity contribution < 1.29 is 9.39 Å². The molecule has 17 heavy (non-hydrogen) atoms. The fraction of sp³-hybridized carbons (Fsp3) is 0.500. The summed E-state index contributed by atoms with van der Waals surface area (Å²) in [6.07, 6.45) is 3.33. The summed E-state index contributed by atoms with van der Waals surface area (Å²) in [5.41, 5.74) is 1.60. The quantitative estimate of drug-likeness (QED) is 0.460. The molecular weight excluding hydrogens is 236 g/mol. The lowest BCUT2D eigenvalue weighted by atomic mass is 10.3. The van der Waals surface area contributed by atoms with E-state index in [1.165, 1.54) is 0 Å². The molecule has 1 heterocycles. The molecule has 1 unspecified atom stereocenters. The van der Waals surface area contributed by atoms with E-state index >= 15 is 0 Å². The molecule has 4 nitrogen and oxygen atoms in total. The second-order valence-electron chi connectivity index (χ2n) is 3.88. The number of hydrogen-bond donors (Lipinski definition) is 0. The lowest BCUT2D eigenvalue weighted by Gasteiger charge is -2.10. The molecule has 0 aliphatic carbocycles. The molecule has 0 bridgehead atoms. The summed E-state index contributed by atoms with van der Waals surface area (Å²) in [4.78, 5) is 10.0. The number of hydrogen-bond acceptors (Lipinski definition) is 4. The standard InChI is InChI=1S/C12H18N2O2S/c1-5-17(15)12-6-11(7-13-10(12)4)8-14-16-9(2)3/h6-9H,5H2,1-4H3/b14-8+. The highest BCUT2D eigenvalue weighted by molar-refractivity contribution is 7.91. The van der Waals surface area contributed by atoms with Gasteiger partial charge in [0.1, 0.15) is 11.9 Å². The van der Waals surface area contributed by atoms with E-state index in [0.717, 1.165) is 16.2 Å². The molecule has 0 spiro atoms. The van der Waals surface area contributed by atoms with Crippen molar-refractivity contribution in [2.45, 2.75) is 38.7 Å². The van der Waals surface area contributed by atoms with Gasteiger partial charge in [-0.3, -0.25) is 4.98 Å². The van der Waals surface area contributed by atoms with Crippen molar-refractivity contribution in [2.75, 3.05) is 5.75 Å². The third kappa shape index (κ3) is 4.36. The zero-order chi connectivity index (χ0) is 12.8. The summed E-state index contributed by atoms with van der Waals surface area (Å²) in [6.45, 7) is 7.55. The first kappa shape index (κ1) is 14.0. The Bertz CT molecular complexity index is 394. The maximum Gasteiger partial charge on any atom is 0.174 e. The van der Waals surface area contributed by atoms with E-state index < -0.39 is 11.2 Å². The van der Waals surface area contributed by atoms with Gasteiger partial charge in [0, 0.05) is 17.8 Å². The molecule has 1 aromatic rings. The number of nitrogens with zero attached hydrogens (tertiary/aromatic N) is 2. The second-order valence-corrected chi connectivity index (χ2v) is 5.58. The fourth-order valence-electron chi connectivity index (χ4n) is 1.20. The minimum Gasteiger partial charge on any atom is -0.611 e. The van der Waals surface area contributed by atoms with Gasteiger partial charge in [0.25, 0.3) is 0 Å². The van der Waals surface area contributed by atoms with E-state index in [2.05, 4.69) is 10.1 Å². The van der Waals surface area contributed by atoms with Crippen LogP contribution in [0.25, 0.3) is 0 Å². The fourth-order valence-corrected chi connectivity index (χ4v) is 2.16. The Kier molecular flexibility index (Phi) is 5.44. The number of aryl methyl sites for hydroxylation is 1. The predicted octanol–water partition coefficient (Wildman–Crippen LogP) is 2.28. The van der Waals surface area contributed by atoms with Crippen LogP contribution in [0.4, 0.5) is 0 Å². The van der Waals surface area contributed by atoms with Gasteiger partial charge in [-0.25, -0.2) is 0 Å². The number of oxime groups is 1. The Labute approximate surface area is 105 Å². The minimum atomic E-state index is -0.992. The molecule has 1 aromatic heterocycles. The van der Waals surface area contributed by atoms with E-state index in [9.17, 15) is 4.55 Å². The first-order valence-electron chi connectivity index (χ1n) is 5.58. The van der Waals surface area contributed by atoms with Crippen LogP contribution in [0, 0.1) is 6.92 Å². The molecular formula is C12H18N2O2S. The molecule has 0 aromatic carbocycles. The van der Waals surface area contributed by atoms with E-state index in [4.69, 9.17) is 4.84 Å². The molecule has 0 saturated carbocycles. The molecule has 0 saturated heterocycles. The first-order valence-corrected chi connectivity index (χ1v) is 6.90. The van der Waals surface area contributed by atoms with Crippen molar-refractivity contribution in [1.82, 2.24) is 4.98 Å². The van der Waals surface area contributed by atoms with Gasteiger partial charge in [-0.05, 0) is 38.9 Å². The lowest BCUT2D eigenvalue weighted by molar-refractivity contribution is 0.0873. The van der Waals surface area contributed by atoms with E-state index in [0.29, 0.717) is 5.75 Å². The van der Waals surface area contributed by atoms with Gasteiger partial charge in [-0.1, -0.05) is 5.16 Å². The van der Waals surface area contributed by atoms with Crippen LogP contribution >= 0.6 is 0 Å². The second kappa shape index (κ2) is 6.61. The number of pyridine rings is 1. The van der Waals surface area contributed by atoms with Crippen LogP contribution in [0.1, 0.15) is 32.0 Å². The summed E-state index contributed by atoms with van der Waals surface area (Å²) in [5.74, 6) is 0.589.